The van der Waals surface area contributed by atoms with Gasteiger partial charge >= 0.3 is 0 Å². The van der Waals surface area contributed by atoms with Gasteiger partial charge in [0.2, 0.25) is 0 Å². The summed E-state index contributed by atoms with van der Waals surface area (Å²) in [7, 11) is 0. The molecule has 96 valence electrons. The molecule has 0 bridgehead atoms. The smallest absolute Gasteiger partial charge is 0.0583 e. The van der Waals surface area contributed by atoms with E-state index >= 15 is 0 Å². The van der Waals surface area contributed by atoms with E-state index in [-0.39, 0.29) is 18.1 Å². The normalized spacial score (nSPS) is 16.5. The van der Waals surface area contributed by atoms with Gasteiger partial charge in [0.25, 0.3) is 0 Å². The predicted molar refractivity (Wildman–Crippen MR) is 72.7 cm³/mol. The molecule has 17 heavy (non-hydrogen) atoms. The van der Waals surface area contributed by atoms with Crippen LogP contribution in [0, 0.1) is 5.92 Å². The first kappa shape index (κ1) is 14.2. The number of benzene rings is 1. The van der Waals surface area contributed by atoms with Crippen molar-refractivity contribution in [3.05, 3.63) is 35.9 Å². The highest BCUT2D eigenvalue weighted by molar-refractivity contribution is 5.19. The van der Waals surface area contributed by atoms with Gasteiger partial charge in [0, 0.05) is 12.0 Å². The molecule has 0 aliphatic heterocycles. The quantitative estimate of drug-likeness (QED) is 0.713. The maximum absolute atomic E-state index is 10.1. The van der Waals surface area contributed by atoms with E-state index in [2.05, 4.69) is 6.92 Å². The van der Waals surface area contributed by atoms with Crippen molar-refractivity contribution in [2.45, 2.75) is 51.7 Å². The molecule has 1 aromatic rings. The second-order valence-electron chi connectivity index (χ2n) is 4.86. The fourth-order valence-electron chi connectivity index (χ4n) is 2.08. The Morgan fingerprint density at radius 2 is 1.82 bits per heavy atom. The summed E-state index contributed by atoms with van der Waals surface area (Å²) in [4.78, 5) is 0. The zero-order valence-corrected chi connectivity index (χ0v) is 11.0. The van der Waals surface area contributed by atoms with Gasteiger partial charge in [-0.25, -0.2) is 0 Å². The summed E-state index contributed by atoms with van der Waals surface area (Å²) in [6, 6.07) is 9.95. The van der Waals surface area contributed by atoms with E-state index in [0.717, 1.165) is 18.4 Å². The average molecular weight is 235 g/mol. The summed E-state index contributed by atoms with van der Waals surface area (Å²) in [5, 5.41) is 10.1. The molecule has 0 unspecified atom stereocenters. The van der Waals surface area contributed by atoms with Crippen LogP contribution in [-0.2, 0) is 0 Å². The number of aliphatic hydroxyl groups excluding tert-OH is 1. The van der Waals surface area contributed by atoms with Gasteiger partial charge in [-0.3, -0.25) is 0 Å². The number of rotatable bonds is 7. The van der Waals surface area contributed by atoms with Crippen LogP contribution in [0.5, 0.6) is 0 Å². The Kier molecular flexibility index (Phi) is 6.23. The van der Waals surface area contributed by atoms with E-state index in [4.69, 9.17) is 5.73 Å². The summed E-state index contributed by atoms with van der Waals surface area (Å²) in [6.07, 6.45) is 4.02. The summed E-state index contributed by atoms with van der Waals surface area (Å²) < 4.78 is 0. The third-order valence-corrected chi connectivity index (χ3v) is 3.46. The summed E-state index contributed by atoms with van der Waals surface area (Å²) >= 11 is 0. The highest BCUT2D eigenvalue weighted by Crippen LogP contribution is 2.24. The lowest BCUT2D eigenvalue weighted by Gasteiger charge is -2.25. The lowest BCUT2D eigenvalue weighted by atomic mass is 9.88. The van der Waals surface area contributed by atoms with E-state index < -0.39 is 0 Å². The first-order valence-corrected chi connectivity index (χ1v) is 6.65. The Morgan fingerprint density at radius 1 is 1.18 bits per heavy atom. The molecule has 0 fully saturated rings. The Morgan fingerprint density at radius 3 is 2.41 bits per heavy atom. The number of aliphatic hydroxyl groups is 1. The van der Waals surface area contributed by atoms with Crippen LogP contribution in [0.2, 0.25) is 0 Å². The molecule has 2 nitrogen and oxygen atoms in total. The minimum Gasteiger partial charge on any atom is -0.393 e. The molecule has 0 aliphatic rings. The van der Waals surface area contributed by atoms with Gasteiger partial charge in [-0.1, -0.05) is 63.4 Å². The van der Waals surface area contributed by atoms with E-state index in [1.165, 1.54) is 12.8 Å². The van der Waals surface area contributed by atoms with Crippen LogP contribution in [0.1, 0.15) is 51.1 Å². The number of unbranched alkanes of at least 4 members (excludes halogenated alkanes) is 2. The van der Waals surface area contributed by atoms with Crippen molar-refractivity contribution in [3.8, 4) is 0 Å². The van der Waals surface area contributed by atoms with Gasteiger partial charge in [0.1, 0.15) is 0 Å². The standard InChI is InChI=1S/C15H25NO/c1-3-4-6-11-14(17)12(2)15(16)13-9-7-5-8-10-13/h5,7-10,12,14-15,17H,3-4,6,11,16H2,1-2H3/t12-,14+,15+/m1/s1. The molecule has 0 heterocycles. The molecular weight excluding hydrogens is 210 g/mol. The van der Waals surface area contributed by atoms with Gasteiger partial charge in [0.15, 0.2) is 0 Å². The molecule has 0 amide bonds. The van der Waals surface area contributed by atoms with Crippen LogP contribution in [-0.4, -0.2) is 11.2 Å². The predicted octanol–water partition coefficient (Wildman–Crippen LogP) is 3.26. The number of hydrogen-bond donors (Lipinski definition) is 2. The van der Waals surface area contributed by atoms with Crippen LogP contribution in [0.25, 0.3) is 0 Å². The molecule has 0 radical (unpaired) electrons. The van der Waals surface area contributed by atoms with Crippen LogP contribution >= 0.6 is 0 Å². The molecular formula is C15H25NO. The highest BCUT2D eigenvalue weighted by Gasteiger charge is 2.21. The number of hydrogen-bond acceptors (Lipinski definition) is 2. The third-order valence-electron chi connectivity index (χ3n) is 3.46. The monoisotopic (exact) mass is 235 g/mol. The second-order valence-corrected chi connectivity index (χ2v) is 4.86. The van der Waals surface area contributed by atoms with Crippen molar-refractivity contribution in [3.63, 3.8) is 0 Å². The molecule has 0 saturated heterocycles. The van der Waals surface area contributed by atoms with Crippen LogP contribution in [0.4, 0.5) is 0 Å². The zero-order chi connectivity index (χ0) is 12.7. The summed E-state index contributed by atoms with van der Waals surface area (Å²) in [5.74, 6) is 0.106. The van der Waals surface area contributed by atoms with E-state index in [1.807, 2.05) is 37.3 Å². The lowest BCUT2D eigenvalue weighted by Crippen LogP contribution is -2.29. The largest absolute Gasteiger partial charge is 0.393 e. The van der Waals surface area contributed by atoms with Crippen molar-refractivity contribution in [1.29, 1.82) is 0 Å². The van der Waals surface area contributed by atoms with E-state index in [0.29, 0.717) is 0 Å². The Labute approximate surface area is 105 Å². The SMILES string of the molecule is CCCCC[C@H](O)[C@@H](C)[C@H](N)c1ccccc1. The van der Waals surface area contributed by atoms with Crippen molar-refractivity contribution < 1.29 is 5.11 Å². The molecule has 1 aromatic carbocycles. The fraction of sp³-hybridized carbons (Fsp3) is 0.600. The minimum atomic E-state index is -0.295. The summed E-state index contributed by atoms with van der Waals surface area (Å²) in [5.41, 5.74) is 7.29. The second kappa shape index (κ2) is 7.46. The van der Waals surface area contributed by atoms with Crippen molar-refractivity contribution in [2.24, 2.45) is 11.7 Å². The Bertz CT molecular complexity index is 299. The molecule has 0 saturated carbocycles. The maximum Gasteiger partial charge on any atom is 0.0583 e. The van der Waals surface area contributed by atoms with Gasteiger partial charge in [-0.05, 0) is 12.0 Å². The molecule has 2 heteroatoms. The molecule has 1 rings (SSSR count). The average Bonchev–Trinajstić information content (AvgIpc) is 2.38. The van der Waals surface area contributed by atoms with Gasteiger partial charge in [-0.15, -0.1) is 0 Å². The molecule has 3 N–H and O–H groups in total. The van der Waals surface area contributed by atoms with Gasteiger partial charge in [-0.2, -0.15) is 0 Å². The molecule has 3 atom stereocenters. The molecule has 0 aromatic heterocycles. The van der Waals surface area contributed by atoms with Crippen LogP contribution in [0.15, 0.2) is 30.3 Å². The third kappa shape index (κ3) is 4.49. The Hall–Kier alpha value is -0.860. The van der Waals surface area contributed by atoms with Crippen molar-refractivity contribution >= 4 is 0 Å². The zero-order valence-electron chi connectivity index (χ0n) is 11.0. The lowest BCUT2D eigenvalue weighted by molar-refractivity contribution is 0.0911. The van der Waals surface area contributed by atoms with Gasteiger partial charge < -0.3 is 10.8 Å². The highest BCUT2D eigenvalue weighted by atomic mass is 16.3. The fourth-order valence-corrected chi connectivity index (χ4v) is 2.08. The van der Waals surface area contributed by atoms with E-state index in [9.17, 15) is 5.11 Å². The molecule has 0 aliphatic carbocycles. The van der Waals surface area contributed by atoms with Gasteiger partial charge in [0.05, 0.1) is 6.10 Å². The Balaban J connectivity index is 2.48. The first-order valence-electron chi connectivity index (χ1n) is 6.65. The summed E-state index contributed by atoms with van der Waals surface area (Å²) in [6.45, 7) is 4.21. The maximum atomic E-state index is 10.1. The first-order chi connectivity index (χ1) is 8.16. The number of nitrogens with two attached hydrogens (primary N) is 1. The van der Waals surface area contributed by atoms with Crippen LogP contribution < -0.4 is 5.73 Å². The van der Waals surface area contributed by atoms with Crippen molar-refractivity contribution in [1.82, 2.24) is 0 Å². The molecule has 0 spiro atoms. The van der Waals surface area contributed by atoms with Crippen LogP contribution in [0.3, 0.4) is 0 Å². The minimum absolute atomic E-state index is 0.0761. The van der Waals surface area contributed by atoms with E-state index in [1.54, 1.807) is 0 Å². The topological polar surface area (TPSA) is 46.2 Å². The van der Waals surface area contributed by atoms with Crippen molar-refractivity contribution in [2.75, 3.05) is 0 Å².